The van der Waals surface area contributed by atoms with Gasteiger partial charge in [-0.1, -0.05) is 0 Å². The highest BCUT2D eigenvalue weighted by molar-refractivity contribution is 4.79. The second kappa shape index (κ2) is 3.12. The Labute approximate surface area is 54.8 Å². The highest BCUT2D eigenvalue weighted by atomic mass is 16.4. The predicted molar refractivity (Wildman–Crippen MR) is 30.8 cm³/mol. The third-order valence-corrected chi connectivity index (χ3v) is 1.07. The van der Waals surface area contributed by atoms with Gasteiger partial charge < -0.3 is 20.4 Å². The lowest BCUT2D eigenvalue weighted by Crippen LogP contribution is -2.44. The third kappa shape index (κ3) is 2.28. The Hall–Kier alpha value is -0.160. The fourth-order valence-corrected chi connectivity index (χ4v) is 0.275. The van der Waals surface area contributed by atoms with Crippen molar-refractivity contribution in [1.29, 1.82) is 0 Å². The van der Waals surface area contributed by atoms with Crippen molar-refractivity contribution < 1.29 is 21.8 Å². The summed E-state index contributed by atoms with van der Waals surface area (Å²) in [6.45, 7) is -1.92. The molecular weight excluding hydrogens is 124 g/mol. The smallest absolute Gasteiger partial charge is 0.113 e. The van der Waals surface area contributed by atoms with Gasteiger partial charge in [0, 0.05) is 1.37 Å². The Morgan fingerprint density at radius 2 is 2.22 bits per heavy atom. The average molecular weight is 137 g/mol. The highest BCUT2D eigenvalue weighted by Crippen LogP contribution is 2.06. The molecule has 0 saturated heterocycles. The first-order valence-electron chi connectivity index (χ1n) is 3.23. The maximum atomic E-state index is 9.05. The van der Waals surface area contributed by atoms with Gasteiger partial charge in [0.1, 0.15) is 11.7 Å². The minimum atomic E-state index is -1.88. The molecule has 4 nitrogen and oxygen atoms in total. The Morgan fingerprint density at radius 3 is 2.33 bits per heavy atom. The molecule has 0 aromatic heterocycles. The van der Waals surface area contributed by atoms with E-state index < -0.39 is 31.8 Å². The van der Waals surface area contributed by atoms with E-state index in [9.17, 15) is 0 Å². The molecule has 0 aromatic rings. The molecule has 0 fully saturated rings. The summed E-state index contributed by atoms with van der Waals surface area (Å²) in [5.41, 5.74) is -1.88. The van der Waals surface area contributed by atoms with Crippen molar-refractivity contribution in [1.82, 2.24) is 0 Å². The van der Waals surface area contributed by atoms with E-state index in [4.69, 9.17) is 21.8 Å². The molecule has 0 unspecified atom stereocenters. The van der Waals surface area contributed by atoms with Crippen LogP contribution in [0.15, 0.2) is 0 Å². The number of hydrogen-bond donors (Lipinski definition) is 4. The van der Waals surface area contributed by atoms with E-state index in [0.29, 0.717) is 0 Å². The van der Waals surface area contributed by atoms with Gasteiger partial charge in [-0.2, -0.15) is 0 Å². The summed E-state index contributed by atoms with van der Waals surface area (Å²) in [6.07, 6.45) is -1.45. The highest BCUT2D eigenvalue weighted by Gasteiger charge is 2.28. The molecule has 0 rings (SSSR count). The van der Waals surface area contributed by atoms with Gasteiger partial charge in [-0.15, -0.1) is 0 Å². The molecule has 0 spiro atoms. The van der Waals surface area contributed by atoms with Crippen LogP contribution >= 0.6 is 0 Å². The van der Waals surface area contributed by atoms with E-state index in [1.807, 2.05) is 0 Å². The van der Waals surface area contributed by atoms with Crippen molar-refractivity contribution in [3.05, 3.63) is 0 Å². The zero-order valence-electron chi connectivity index (χ0n) is 5.99. The monoisotopic (exact) mass is 137 g/mol. The van der Waals surface area contributed by atoms with Crippen LogP contribution in [0.4, 0.5) is 0 Å². The Balaban J connectivity index is 4.02. The van der Waals surface area contributed by atoms with E-state index in [1.54, 1.807) is 0 Å². The van der Waals surface area contributed by atoms with Crippen LogP contribution in [0.2, 0.25) is 0 Å². The van der Waals surface area contributed by atoms with Crippen LogP contribution in [0.3, 0.4) is 0 Å². The second-order valence-electron chi connectivity index (χ2n) is 1.96. The van der Waals surface area contributed by atoms with Gasteiger partial charge in [-0.25, -0.2) is 0 Å². The van der Waals surface area contributed by atoms with Crippen LogP contribution in [0, 0.1) is 0 Å². The van der Waals surface area contributed by atoms with Crippen LogP contribution in [0.1, 0.15) is 8.27 Å². The van der Waals surface area contributed by atoms with E-state index in [2.05, 4.69) is 0 Å². The lowest BCUT2D eigenvalue weighted by Gasteiger charge is -2.24. The maximum Gasteiger partial charge on any atom is 0.113 e. The average Bonchev–Trinajstić information content (AvgIpc) is 2.01. The van der Waals surface area contributed by atoms with Crippen LogP contribution < -0.4 is 0 Å². The maximum absolute atomic E-state index is 9.05. The minimum Gasteiger partial charge on any atom is -0.394 e. The van der Waals surface area contributed by atoms with Gasteiger partial charge in [0.2, 0.25) is 0 Å². The minimum absolute atomic E-state index is 0.536. The molecule has 0 saturated carbocycles. The molecule has 0 aliphatic carbocycles. The molecule has 0 bridgehead atoms. The summed E-state index contributed by atoms with van der Waals surface area (Å²) in [6, 6.07) is 0. The topological polar surface area (TPSA) is 80.9 Å². The number of hydrogen-bond acceptors (Lipinski definition) is 4. The van der Waals surface area contributed by atoms with Crippen molar-refractivity contribution >= 4 is 0 Å². The Kier molecular flexibility index (Phi) is 2.41. The predicted octanol–water partition coefficient (Wildman–Crippen LogP) is -1.92. The van der Waals surface area contributed by atoms with E-state index >= 15 is 0 Å². The molecule has 0 heterocycles. The first kappa shape index (κ1) is 6.95. The second-order valence-corrected chi connectivity index (χ2v) is 1.96. The van der Waals surface area contributed by atoms with Crippen LogP contribution in [-0.2, 0) is 0 Å². The normalized spacial score (nSPS) is 22.4. The van der Waals surface area contributed by atoms with Gasteiger partial charge in [-0.3, -0.25) is 0 Å². The van der Waals surface area contributed by atoms with Crippen molar-refractivity contribution in [3.8, 4) is 0 Å². The molecular formula is C5H12O4. The van der Waals surface area contributed by atoms with Crippen molar-refractivity contribution in [2.45, 2.75) is 18.6 Å². The number of rotatable bonds is 3. The fraction of sp³-hybridized carbons (Fsp3) is 1.00. The fourth-order valence-electron chi connectivity index (χ4n) is 0.275. The van der Waals surface area contributed by atoms with E-state index in [1.165, 1.54) is 0 Å². The van der Waals surface area contributed by atoms with Crippen LogP contribution in [0.25, 0.3) is 0 Å². The quantitative estimate of drug-likeness (QED) is 0.365. The van der Waals surface area contributed by atoms with Crippen molar-refractivity contribution in [3.63, 3.8) is 0 Å². The molecule has 56 valence electrons. The molecule has 0 aromatic carbocycles. The van der Waals surface area contributed by atoms with Crippen molar-refractivity contribution in [2.75, 3.05) is 13.2 Å². The lowest BCUT2D eigenvalue weighted by atomic mass is 10.0. The van der Waals surface area contributed by atoms with Crippen molar-refractivity contribution in [2.24, 2.45) is 0 Å². The standard InChI is InChI=1S/C5H12O4/c1-5(9,3-7)4(8)2-6/h4,6-9H,2-3H2,1H3/t4-,5+/m0/s1/i1D. The van der Waals surface area contributed by atoms with Gasteiger partial charge in [0.05, 0.1) is 13.2 Å². The molecule has 4 N–H and O–H groups in total. The summed E-state index contributed by atoms with van der Waals surface area (Å²) in [4.78, 5) is 0. The summed E-state index contributed by atoms with van der Waals surface area (Å²) in [5, 5.41) is 34.6. The zero-order valence-corrected chi connectivity index (χ0v) is 4.99. The van der Waals surface area contributed by atoms with Crippen LogP contribution in [0.5, 0.6) is 0 Å². The van der Waals surface area contributed by atoms with Gasteiger partial charge in [0.15, 0.2) is 0 Å². The number of aliphatic hydroxyl groups excluding tert-OH is 3. The number of aliphatic hydroxyl groups is 4. The first-order valence-corrected chi connectivity index (χ1v) is 2.52. The van der Waals surface area contributed by atoms with Gasteiger partial charge in [0.25, 0.3) is 0 Å². The summed E-state index contributed by atoms with van der Waals surface area (Å²) in [7, 11) is 0. The van der Waals surface area contributed by atoms with E-state index in [0.717, 1.165) is 0 Å². The molecule has 2 atom stereocenters. The molecule has 0 amide bonds. The zero-order chi connectivity index (χ0) is 8.20. The summed E-state index contributed by atoms with van der Waals surface area (Å²) >= 11 is 0. The van der Waals surface area contributed by atoms with Crippen LogP contribution in [-0.4, -0.2) is 45.3 Å². The lowest BCUT2D eigenvalue weighted by molar-refractivity contribution is -0.108. The summed E-state index contributed by atoms with van der Waals surface area (Å²) < 4.78 is 6.71. The largest absolute Gasteiger partial charge is 0.394 e. The third-order valence-electron chi connectivity index (χ3n) is 1.07. The Morgan fingerprint density at radius 1 is 1.67 bits per heavy atom. The Bertz CT molecular complexity index is 93.6. The molecule has 4 heteroatoms. The first-order chi connectivity index (χ1) is 4.60. The van der Waals surface area contributed by atoms with Gasteiger partial charge >= 0.3 is 0 Å². The molecule has 0 aliphatic rings. The summed E-state index contributed by atoms with van der Waals surface area (Å²) in [5.74, 6) is 0. The molecule has 9 heavy (non-hydrogen) atoms. The molecule has 0 aliphatic heterocycles. The van der Waals surface area contributed by atoms with Gasteiger partial charge in [-0.05, 0) is 6.90 Å². The SMILES string of the molecule is [2H]C[C@@](O)(CO)[C@@H](O)CO. The molecule has 0 radical (unpaired) electrons. The van der Waals surface area contributed by atoms with E-state index in [-0.39, 0.29) is 0 Å².